The smallest absolute Gasteiger partial charge is 0.298 e. The van der Waals surface area contributed by atoms with Crippen molar-refractivity contribution < 1.29 is 43.5 Å². The summed E-state index contributed by atoms with van der Waals surface area (Å²) in [6, 6.07) is 0. The zero-order chi connectivity index (χ0) is 34.3. The molecule has 4 bridgehead atoms. The van der Waals surface area contributed by atoms with Crippen molar-refractivity contribution >= 4 is 24.1 Å². The fourth-order valence-electron chi connectivity index (χ4n) is 8.11. The van der Waals surface area contributed by atoms with Gasteiger partial charge in [0.05, 0.1) is 16.8 Å². The van der Waals surface area contributed by atoms with Gasteiger partial charge < -0.3 is 29.2 Å². The van der Waals surface area contributed by atoms with Gasteiger partial charge in [0.1, 0.15) is 34.2 Å². The molecule has 6 aliphatic rings. The Balaban J connectivity index is 1.57. The molecule has 2 N–H and O–H groups in total. The number of carbonyl (C=O) groups excluding carboxylic acids is 3. The van der Waals surface area contributed by atoms with Gasteiger partial charge in [0.25, 0.3) is 6.47 Å². The highest BCUT2D eigenvalue weighted by Gasteiger charge is 2.81. The number of carbonyl (C=O) groups is 3. The SMILES string of the molecule is CC(C)=CCc1c2c(c(O)c3c1O[C@]14C(=C[C@@H]5CC1C(C)(C)OC4(CC=C(C)OC=O)C5=O)C3=O)C=C[C@@](C)(CC=CC(C)(C)O)O2. The number of aliphatic hydroxyl groups is 1. The summed E-state index contributed by atoms with van der Waals surface area (Å²) >= 11 is 0. The molecule has 1 aromatic carbocycles. The topological polar surface area (TPSA) is 129 Å². The number of Topliss-reactive ketones (excluding diaryl/α,β-unsaturated/α-hetero) is 2. The molecule has 9 nitrogen and oxygen atoms in total. The summed E-state index contributed by atoms with van der Waals surface area (Å²) < 4.78 is 25.6. The number of ether oxygens (including phenoxy) is 4. The molecule has 250 valence electrons. The molecule has 0 aromatic heterocycles. The first-order valence-electron chi connectivity index (χ1n) is 16.2. The Morgan fingerprint density at radius 3 is 2.47 bits per heavy atom. The third-order valence-corrected chi connectivity index (χ3v) is 10.2. The van der Waals surface area contributed by atoms with Gasteiger partial charge in [-0.15, -0.1) is 0 Å². The molecule has 1 saturated heterocycles. The Bertz CT molecular complexity index is 1730. The van der Waals surface area contributed by atoms with Gasteiger partial charge >= 0.3 is 0 Å². The summed E-state index contributed by atoms with van der Waals surface area (Å²) in [6.45, 7) is 15.0. The molecule has 0 radical (unpaired) electrons. The Kier molecular flexibility index (Phi) is 7.57. The first-order valence-corrected chi connectivity index (χ1v) is 16.2. The van der Waals surface area contributed by atoms with Crippen molar-refractivity contribution in [3.8, 4) is 17.2 Å². The van der Waals surface area contributed by atoms with Crippen molar-refractivity contribution in [3.63, 3.8) is 0 Å². The molecule has 3 aliphatic carbocycles. The monoisotopic (exact) mass is 644 g/mol. The third kappa shape index (κ3) is 4.92. The maximum Gasteiger partial charge on any atom is 0.298 e. The Morgan fingerprint density at radius 1 is 1.09 bits per heavy atom. The molecule has 47 heavy (non-hydrogen) atoms. The van der Waals surface area contributed by atoms with E-state index in [1.807, 2.05) is 52.8 Å². The minimum atomic E-state index is -1.58. The Hall–Kier alpha value is -3.95. The molecular formula is C38H44O9. The number of hydrogen-bond acceptors (Lipinski definition) is 9. The second kappa shape index (κ2) is 10.8. The van der Waals surface area contributed by atoms with Crippen molar-refractivity contribution in [1.29, 1.82) is 0 Å². The van der Waals surface area contributed by atoms with Crippen LogP contribution in [0.3, 0.4) is 0 Å². The van der Waals surface area contributed by atoms with Crippen LogP contribution in [0.1, 0.15) is 96.1 Å². The van der Waals surface area contributed by atoms with Crippen LogP contribution in [0.4, 0.5) is 0 Å². The number of benzene rings is 1. The Labute approximate surface area is 275 Å². The molecule has 9 heteroatoms. The van der Waals surface area contributed by atoms with Crippen LogP contribution in [-0.4, -0.2) is 56.3 Å². The van der Waals surface area contributed by atoms with E-state index in [9.17, 15) is 24.6 Å². The number of phenolic OH excluding ortho intramolecular Hbond substituents is 1. The number of hydrogen-bond donors (Lipinski definition) is 2. The first kappa shape index (κ1) is 33.0. The zero-order valence-corrected chi connectivity index (χ0v) is 28.4. The second-order valence-electron chi connectivity index (χ2n) is 15.0. The van der Waals surface area contributed by atoms with E-state index in [1.165, 1.54) is 0 Å². The molecule has 5 atom stereocenters. The number of allylic oxidation sites excluding steroid dienone is 4. The average molecular weight is 645 g/mol. The van der Waals surface area contributed by atoms with Crippen LogP contribution >= 0.6 is 0 Å². The average Bonchev–Trinajstić information content (AvgIpc) is 3.12. The highest BCUT2D eigenvalue weighted by Crippen LogP contribution is 2.68. The number of aromatic hydroxyl groups is 1. The van der Waals surface area contributed by atoms with E-state index in [0.717, 1.165) is 5.57 Å². The predicted octanol–water partition coefficient (Wildman–Crippen LogP) is 6.26. The fraction of sp³-hybridized carbons (Fsp3) is 0.500. The van der Waals surface area contributed by atoms with Crippen LogP contribution in [0, 0.1) is 11.8 Å². The largest absolute Gasteiger partial charge is 0.506 e. The molecule has 7 rings (SSSR count). The lowest BCUT2D eigenvalue weighted by atomic mass is 9.51. The van der Waals surface area contributed by atoms with Crippen molar-refractivity contribution in [1.82, 2.24) is 0 Å². The van der Waals surface area contributed by atoms with Gasteiger partial charge in [-0.1, -0.05) is 29.9 Å². The summed E-state index contributed by atoms with van der Waals surface area (Å²) in [4.78, 5) is 40.1. The van der Waals surface area contributed by atoms with Crippen LogP contribution < -0.4 is 9.47 Å². The van der Waals surface area contributed by atoms with Crippen LogP contribution in [0.5, 0.6) is 17.2 Å². The normalized spacial score (nSPS) is 31.4. The minimum absolute atomic E-state index is 0.0208. The number of phenols is 1. The van der Waals surface area contributed by atoms with Gasteiger partial charge in [-0.25, -0.2) is 0 Å². The maximum absolute atomic E-state index is 14.7. The van der Waals surface area contributed by atoms with E-state index in [1.54, 1.807) is 45.1 Å². The van der Waals surface area contributed by atoms with Crippen LogP contribution in [-0.2, 0) is 25.5 Å². The van der Waals surface area contributed by atoms with Crippen molar-refractivity contribution in [2.45, 2.75) is 109 Å². The highest BCUT2D eigenvalue weighted by atomic mass is 16.6. The summed E-state index contributed by atoms with van der Waals surface area (Å²) in [5.41, 5.74) is -3.39. The minimum Gasteiger partial charge on any atom is -0.506 e. The first-order chi connectivity index (χ1) is 21.9. The lowest BCUT2D eigenvalue weighted by Gasteiger charge is -2.56. The van der Waals surface area contributed by atoms with E-state index in [2.05, 4.69) is 0 Å². The van der Waals surface area contributed by atoms with Crippen molar-refractivity contribution in [2.24, 2.45) is 11.8 Å². The quantitative estimate of drug-likeness (QED) is 0.182. The van der Waals surface area contributed by atoms with Crippen LogP contribution in [0.25, 0.3) is 6.08 Å². The molecule has 2 unspecified atom stereocenters. The highest BCUT2D eigenvalue weighted by molar-refractivity contribution is 6.19. The zero-order valence-electron chi connectivity index (χ0n) is 28.4. The van der Waals surface area contributed by atoms with E-state index < -0.39 is 39.7 Å². The number of rotatable bonds is 9. The van der Waals surface area contributed by atoms with Gasteiger partial charge in [0, 0.05) is 35.8 Å². The molecule has 1 aromatic rings. The van der Waals surface area contributed by atoms with Gasteiger partial charge in [-0.3, -0.25) is 14.4 Å². The summed E-state index contributed by atoms with van der Waals surface area (Å²) in [5, 5.41) is 22.0. The van der Waals surface area contributed by atoms with Crippen molar-refractivity contribution in [3.05, 3.63) is 70.1 Å². The molecule has 0 amide bonds. The van der Waals surface area contributed by atoms with Crippen molar-refractivity contribution in [2.75, 3.05) is 0 Å². The molecule has 2 fully saturated rings. The number of fused-ring (bicyclic) bond motifs is 2. The van der Waals surface area contributed by atoms with Gasteiger partial charge in [-0.05, 0) is 86.5 Å². The predicted molar refractivity (Wildman–Crippen MR) is 175 cm³/mol. The van der Waals surface area contributed by atoms with E-state index in [-0.39, 0.29) is 35.2 Å². The molecular weight excluding hydrogens is 600 g/mol. The fourth-order valence-corrected chi connectivity index (χ4v) is 8.11. The number of ketones is 2. The Morgan fingerprint density at radius 2 is 1.81 bits per heavy atom. The summed E-state index contributed by atoms with van der Waals surface area (Å²) in [6.07, 6.45) is 13.8. The second-order valence-corrected chi connectivity index (χ2v) is 15.0. The standard InChI is InChI=1S/C38H44O9/c1-21(2)10-11-25-31-24(13-16-36(8,45-31)15-9-14-34(4,5)43)29(40)28-30(41)26-18-23-19-27-35(6,7)47-37(33(23)42,17-12-22(3)44-20-39)38(26,27)46-32(25)28/h9-10,12-14,16,18,20,23,27,40,43H,11,15,17,19H2,1-8H3/t23-,27?,36-,37?,38-/m1/s1. The summed E-state index contributed by atoms with van der Waals surface area (Å²) in [5.74, 6) is -0.907. The van der Waals surface area contributed by atoms with Gasteiger partial charge in [-0.2, -0.15) is 0 Å². The molecule has 3 aliphatic heterocycles. The van der Waals surface area contributed by atoms with Gasteiger partial charge in [0.2, 0.25) is 0 Å². The van der Waals surface area contributed by atoms with E-state index in [0.29, 0.717) is 53.9 Å². The lowest BCUT2D eigenvalue weighted by Crippen LogP contribution is -2.72. The third-order valence-electron chi connectivity index (χ3n) is 10.2. The molecule has 1 spiro atoms. The van der Waals surface area contributed by atoms with Gasteiger partial charge in [0.15, 0.2) is 22.8 Å². The maximum atomic E-state index is 14.7. The van der Waals surface area contributed by atoms with Crippen LogP contribution in [0.2, 0.25) is 0 Å². The molecule has 3 heterocycles. The van der Waals surface area contributed by atoms with Crippen LogP contribution in [0.15, 0.2) is 53.4 Å². The van der Waals surface area contributed by atoms with E-state index in [4.69, 9.17) is 18.9 Å². The summed E-state index contributed by atoms with van der Waals surface area (Å²) in [7, 11) is 0. The molecule has 1 saturated carbocycles. The lowest BCUT2D eigenvalue weighted by molar-refractivity contribution is -0.171. The van der Waals surface area contributed by atoms with E-state index >= 15 is 0 Å².